The number of carbonyl (C=O) groups is 6. The molecule has 0 N–H and O–H groups in total. The van der Waals surface area contributed by atoms with Gasteiger partial charge < -0.3 is 33.2 Å². The number of unbranched alkanes of at least 4 members (excludes halogenated alkanes) is 2. The van der Waals surface area contributed by atoms with Crippen molar-refractivity contribution in [3.8, 4) is 23.0 Å². The molecule has 4 aromatic rings. The standard InChI is InChI=1S/C49H46O13/c1-3-45(51)58-31-7-5-29-56-39-21-13-36(14-22-39)47(53)61-42-25-11-35(12-26-42)44(50)33-34-9-19-41(20-10-34)60-49(55)38-17-27-43(28-18-38)62-48(54)37-15-23-40(24-16-37)57-30-6-8-32-59-46(52)4-2/h3-4,9,11-19,21-28H,1-2,5-8,10,20,29-33H2. The number of rotatable bonds is 23. The molecule has 0 unspecified atom stereocenters. The molecule has 0 aromatic heterocycles. The van der Waals surface area contributed by atoms with Crippen molar-refractivity contribution in [2.45, 2.75) is 44.9 Å². The third-order valence-electron chi connectivity index (χ3n) is 9.11. The van der Waals surface area contributed by atoms with Crippen LogP contribution in [0.25, 0.3) is 0 Å². The van der Waals surface area contributed by atoms with Crippen molar-refractivity contribution in [2.24, 2.45) is 0 Å². The van der Waals surface area contributed by atoms with Crippen LogP contribution >= 0.6 is 0 Å². The van der Waals surface area contributed by atoms with Gasteiger partial charge in [-0.2, -0.15) is 0 Å². The smallest absolute Gasteiger partial charge is 0.343 e. The number of benzene rings is 4. The molecule has 0 fully saturated rings. The zero-order chi connectivity index (χ0) is 44.1. The average Bonchev–Trinajstić information content (AvgIpc) is 3.29. The zero-order valence-corrected chi connectivity index (χ0v) is 34.0. The van der Waals surface area contributed by atoms with Gasteiger partial charge in [0.2, 0.25) is 0 Å². The van der Waals surface area contributed by atoms with Crippen molar-refractivity contribution in [1.82, 2.24) is 0 Å². The van der Waals surface area contributed by atoms with Crippen LogP contribution in [-0.4, -0.2) is 62.1 Å². The van der Waals surface area contributed by atoms with Crippen LogP contribution in [0.1, 0.15) is 86.4 Å². The molecule has 0 heterocycles. The summed E-state index contributed by atoms with van der Waals surface area (Å²) in [4.78, 5) is 73.4. The number of hydrogen-bond donors (Lipinski definition) is 0. The van der Waals surface area contributed by atoms with Crippen molar-refractivity contribution in [2.75, 3.05) is 26.4 Å². The molecule has 5 rings (SSSR count). The van der Waals surface area contributed by atoms with Gasteiger partial charge in [0.15, 0.2) is 5.78 Å². The van der Waals surface area contributed by atoms with E-state index in [9.17, 15) is 28.8 Å². The molecule has 0 bridgehead atoms. The molecule has 4 aromatic carbocycles. The molecule has 320 valence electrons. The first-order valence-corrected chi connectivity index (χ1v) is 19.9. The first-order valence-electron chi connectivity index (χ1n) is 19.9. The molecule has 1 aliphatic carbocycles. The summed E-state index contributed by atoms with van der Waals surface area (Å²) in [5.74, 6) is -0.590. The molecule has 0 amide bonds. The molecular formula is C49H46O13. The van der Waals surface area contributed by atoms with E-state index in [2.05, 4.69) is 13.2 Å². The molecule has 0 atom stereocenters. The van der Waals surface area contributed by atoms with Crippen LogP contribution in [0.3, 0.4) is 0 Å². The Morgan fingerprint density at radius 1 is 0.452 bits per heavy atom. The maximum absolute atomic E-state index is 13.0. The van der Waals surface area contributed by atoms with E-state index in [1.54, 1.807) is 84.9 Å². The van der Waals surface area contributed by atoms with Crippen LogP contribution in [0.5, 0.6) is 23.0 Å². The van der Waals surface area contributed by atoms with Crippen molar-refractivity contribution in [3.63, 3.8) is 0 Å². The van der Waals surface area contributed by atoms with Crippen LogP contribution < -0.4 is 18.9 Å². The van der Waals surface area contributed by atoms with Gasteiger partial charge in [-0.05, 0) is 135 Å². The average molecular weight is 843 g/mol. The molecule has 13 heteroatoms. The van der Waals surface area contributed by atoms with Gasteiger partial charge in [-0.3, -0.25) is 4.79 Å². The number of allylic oxidation sites excluding steroid dienone is 4. The minimum atomic E-state index is -0.579. The van der Waals surface area contributed by atoms with E-state index >= 15 is 0 Å². The van der Waals surface area contributed by atoms with Crippen molar-refractivity contribution < 1.29 is 61.9 Å². The number of ketones is 1. The van der Waals surface area contributed by atoms with Crippen molar-refractivity contribution in [1.29, 1.82) is 0 Å². The summed E-state index contributed by atoms with van der Waals surface area (Å²) in [6.07, 6.45) is 9.45. The van der Waals surface area contributed by atoms with E-state index < -0.39 is 29.8 Å². The lowest BCUT2D eigenvalue weighted by molar-refractivity contribution is -0.138. The fraction of sp³-hybridized carbons (Fsp3) is 0.224. The van der Waals surface area contributed by atoms with Crippen LogP contribution in [0.15, 0.2) is 146 Å². The topological polar surface area (TPSA) is 167 Å². The quantitative estimate of drug-likeness (QED) is 0.0174. The van der Waals surface area contributed by atoms with Crippen molar-refractivity contribution >= 4 is 35.6 Å². The van der Waals surface area contributed by atoms with Gasteiger partial charge in [0, 0.05) is 30.6 Å². The summed E-state index contributed by atoms with van der Waals surface area (Å²) in [7, 11) is 0. The third-order valence-corrected chi connectivity index (χ3v) is 9.11. The molecule has 0 saturated heterocycles. The van der Waals surface area contributed by atoms with Gasteiger partial charge in [0.1, 0.15) is 28.8 Å². The monoisotopic (exact) mass is 842 g/mol. The third kappa shape index (κ3) is 14.9. The molecule has 0 saturated carbocycles. The Morgan fingerprint density at radius 2 is 0.839 bits per heavy atom. The summed E-state index contributed by atoms with van der Waals surface area (Å²) in [6.45, 7) is 8.10. The SMILES string of the molecule is C=CC(=O)OCCCCOc1ccc(C(=O)Oc2ccc(C(=O)CC3=CC=C(OC(=O)c4ccc(OC(=O)c5ccc(OCCCCOC(=O)C=C)cc5)cc4)CC3)cc2)cc1. The Morgan fingerprint density at radius 3 is 1.24 bits per heavy atom. The van der Waals surface area contributed by atoms with E-state index in [-0.39, 0.29) is 42.5 Å². The van der Waals surface area contributed by atoms with Gasteiger partial charge in [-0.15, -0.1) is 0 Å². The minimum absolute atomic E-state index is 0.114. The lowest BCUT2D eigenvalue weighted by Crippen LogP contribution is -2.10. The minimum Gasteiger partial charge on any atom is -0.494 e. The molecular weight excluding hydrogens is 797 g/mol. The van der Waals surface area contributed by atoms with E-state index in [0.29, 0.717) is 85.7 Å². The highest BCUT2D eigenvalue weighted by molar-refractivity contribution is 5.98. The Bertz CT molecular complexity index is 2110. The van der Waals surface area contributed by atoms with Crippen LogP contribution in [0, 0.1) is 0 Å². The maximum Gasteiger partial charge on any atom is 0.343 e. The highest BCUT2D eigenvalue weighted by atomic mass is 16.6. The fourth-order valence-electron chi connectivity index (χ4n) is 5.71. The maximum atomic E-state index is 13.0. The number of esters is 5. The normalized spacial score (nSPS) is 11.7. The van der Waals surface area contributed by atoms with E-state index in [4.69, 9.17) is 33.2 Å². The number of hydrogen-bond acceptors (Lipinski definition) is 13. The molecule has 0 aliphatic heterocycles. The first-order chi connectivity index (χ1) is 30.1. The van der Waals surface area contributed by atoms with Gasteiger partial charge in [0.25, 0.3) is 0 Å². The molecule has 0 radical (unpaired) electrons. The predicted octanol–water partition coefficient (Wildman–Crippen LogP) is 8.94. The predicted molar refractivity (Wildman–Crippen MR) is 227 cm³/mol. The Hall–Kier alpha value is -7.54. The zero-order valence-electron chi connectivity index (χ0n) is 34.0. The van der Waals surface area contributed by atoms with Gasteiger partial charge in [0.05, 0.1) is 43.1 Å². The summed E-state index contributed by atoms with van der Waals surface area (Å²) >= 11 is 0. The van der Waals surface area contributed by atoms with E-state index in [0.717, 1.165) is 17.7 Å². The van der Waals surface area contributed by atoms with Crippen LogP contribution in [-0.2, 0) is 23.8 Å². The Balaban J connectivity index is 1.00. The lowest BCUT2D eigenvalue weighted by Gasteiger charge is -2.15. The lowest BCUT2D eigenvalue weighted by atomic mass is 9.96. The van der Waals surface area contributed by atoms with Crippen LogP contribution in [0.4, 0.5) is 0 Å². The van der Waals surface area contributed by atoms with Crippen molar-refractivity contribution in [3.05, 3.63) is 168 Å². The second kappa shape index (κ2) is 23.9. The molecule has 13 nitrogen and oxygen atoms in total. The van der Waals surface area contributed by atoms with Gasteiger partial charge in [-0.25, -0.2) is 24.0 Å². The van der Waals surface area contributed by atoms with Gasteiger partial charge >= 0.3 is 29.8 Å². The number of ether oxygens (including phenoxy) is 7. The molecule has 0 spiro atoms. The largest absolute Gasteiger partial charge is 0.494 e. The second-order valence-electron chi connectivity index (χ2n) is 13.7. The highest BCUT2D eigenvalue weighted by Gasteiger charge is 2.18. The number of Topliss-reactive ketones (excluding diaryl/α,β-unsaturated/α-hetero) is 1. The highest BCUT2D eigenvalue weighted by Crippen LogP contribution is 2.26. The summed E-state index contributed by atoms with van der Waals surface area (Å²) in [5, 5.41) is 0. The summed E-state index contributed by atoms with van der Waals surface area (Å²) < 4.78 is 37.7. The van der Waals surface area contributed by atoms with Gasteiger partial charge in [-0.1, -0.05) is 24.8 Å². The fourth-order valence-corrected chi connectivity index (χ4v) is 5.71. The Labute approximate surface area is 359 Å². The van der Waals surface area contributed by atoms with Crippen LogP contribution in [0.2, 0.25) is 0 Å². The Kier molecular flexibility index (Phi) is 17.6. The summed E-state index contributed by atoms with van der Waals surface area (Å²) in [5.41, 5.74) is 2.24. The summed E-state index contributed by atoms with van der Waals surface area (Å²) in [6, 6.07) is 25.4. The van der Waals surface area contributed by atoms with E-state index in [1.807, 2.05) is 0 Å². The second-order valence-corrected chi connectivity index (χ2v) is 13.7. The molecule has 62 heavy (non-hydrogen) atoms. The first kappa shape index (κ1) is 45.5. The van der Waals surface area contributed by atoms with E-state index in [1.165, 1.54) is 24.3 Å². The molecule has 1 aliphatic rings. The number of carbonyl (C=O) groups excluding carboxylic acids is 6.